The van der Waals surface area contributed by atoms with Gasteiger partial charge in [0.15, 0.2) is 0 Å². The van der Waals surface area contributed by atoms with Gasteiger partial charge in [0.2, 0.25) is 0 Å². The zero-order valence-corrected chi connectivity index (χ0v) is 14.8. The molecule has 0 amide bonds. The van der Waals surface area contributed by atoms with Crippen molar-refractivity contribution in [1.29, 1.82) is 10.7 Å². The Bertz CT molecular complexity index is 588. The van der Waals surface area contributed by atoms with Crippen LogP contribution < -0.4 is 0 Å². The fourth-order valence-electron chi connectivity index (χ4n) is 4.13. The molecule has 0 aliphatic heterocycles. The summed E-state index contributed by atoms with van der Waals surface area (Å²) < 4.78 is 0. The molecular weight excluding hydrogens is 292 g/mol. The van der Waals surface area contributed by atoms with Crippen molar-refractivity contribution in [1.82, 2.24) is 0 Å². The molecular formula is C22H30N2. The van der Waals surface area contributed by atoms with Crippen LogP contribution >= 0.6 is 0 Å². The Morgan fingerprint density at radius 2 is 1.88 bits per heavy atom. The summed E-state index contributed by atoms with van der Waals surface area (Å²) in [6.45, 7) is 7.78. The van der Waals surface area contributed by atoms with Crippen LogP contribution in [0.4, 0.5) is 0 Å². The van der Waals surface area contributed by atoms with E-state index in [4.69, 9.17) is 5.41 Å². The summed E-state index contributed by atoms with van der Waals surface area (Å²) in [5.74, 6) is 0.0187. The molecule has 24 heavy (non-hydrogen) atoms. The maximum Gasteiger partial charge on any atom is 0.120 e. The zero-order valence-electron chi connectivity index (χ0n) is 14.8. The van der Waals surface area contributed by atoms with Gasteiger partial charge in [-0.15, -0.1) is 13.2 Å². The van der Waals surface area contributed by atoms with Crippen molar-refractivity contribution < 1.29 is 0 Å². The molecule has 0 bridgehead atoms. The average Bonchev–Trinajstić information content (AvgIpc) is 2.65. The van der Waals surface area contributed by atoms with Gasteiger partial charge in [0.1, 0.15) is 5.41 Å². The molecule has 2 aliphatic rings. The Labute approximate surface area is 147 Å². The van der Waals surface area contributed by atoms with Crippen LogP contribution in [0.15, 0.2) is 48.6 Å². The van der Waals surface area contributed by atoms with E-state index in [1.165, 1.54) is 24.8 Å². The smallest absolute Gasteiger partial charge is 0.120 e. The first kappa shape index (κ1) is 18.5. The molecule has 2 atom stereocenters. The Balaban J connectivity index is 2.42. The van der Waals surface area contributed by atoms with Crippen molar-refractivity contribution in [2.24, 2.45) is 11.3 Å². The van der Waals surface area contributed by atoms with Crippen molar-refractivity contribution in [3.8, 4) is 6.07 Å². The summed E-state index contributed by atoms with van der Waals surface area (Å²) in [5, 5.41) is 19.2. The van der Waals surface area contributed by atoms with Gasteiger partial charge in [-0.1, -0.05) is 29.9 Å². The summed E-state index contributed by atoms with van der Waals surface area (Å²) in [6, 6.07) is 2.54. The van der Waals surface area contributed by atoms with E-state index >= 15 is 0 Å². The number of nitriles is 1. The average molecular weight is 322 g/mol. The minimum atomic E-state index is -0.811. The van der Waals surface area contributed by atoms with Gasteiger partial charge in [-0.25, -0.2) is 0 Å². The Morgan fingerprint density at radius 1 is 1.17 bits per heavy atom. The minimum absolute atomic E-state index is 0.0187. The van der Waals surface area contributed by atoms with E-state index in [-0.39, 0.29) is 5.92 Å². The summed E-state index contributed by atoms with van der Waals surface area (Å²) in [5.41, 5.74) is 2.23. The fraction of sp³-hybridized carbons (Fsp3) is 0.545. The molecule has 1 N–H and O–H groups in total. The summed E-state index contributed by atoms with van der Waals surface area (Å²) in [6.07, 6.45) is 18.4. The fourth-order valence-corrected chi connectivity index (χ4v) is 4.13. The quantitative estimate of drug-likeness (QED) is 0.414. The lowest BCUT2D eigenvalue weighted by molar-refractivity contribution is 0.535. The van der Waals surface area contributed by atoms with Crippen LogP contribution in [0.3, 0.4) is 0 Å². The van der Waals surface area contributed by atoms with E-state index in [1.807, 2.05) is 12.2 Å². The van der Waals surface area contributed by atoms with Crippen molar-refractivity contribution in [3.63, 3.8) is 0 Å². The Kier molecular flexibility index (Phi) is 6.79. The summed E-state index contributed by atoms with van der Waals surface area (Å²) in [7, 11) is 0. The second-order valence-electron chi connectivity index (χ2n) is 7.00. The number of rotatable bonds is 8. The molecule has 2 aliphatic carbocycles. The number of allylic oxidation sites excluding steroid dienone is 6. The first-order valence-electron chi connectivity index (χ1n) is 9.30. The molecule has 2 heteroatoms. The monoisotopic (exact) mass is 322 g/mol. The topological polar surface area (TPSA) is 47.6 Å². The van der Waals surface area contributed by atoms with Crippen LogP contribution in [-0.2, 0) is 0 Å². The number of nitrogens with zero attached hydrogens (tertiary/aromatic N) is 1. The highest BCUT2D eigenvalue weighted by molar-refractivity contribution is 5.97. The molecule has 0 aromatic carbocycles. The van der Waals surface area contributed by atoms with E-state index < -0.39 is 5.41 Å². The van der Waals surface area contributed by atoms with Gasteiger partial charge in [0, 0.05) is 11.6 Å². The third-order valence-electron chi connectivity index (χ3n) is 5.46. The molecule has 0 aromatic heterocycles. The lowest BCUT2D eigenvalue weighted by Gasteiger charge is -2.36. The van der Waals surface area contributed by atoms with E-state index in [2.05, 4.69) is 31.4 Å². The van der Waals surface area contributed by atoms with Gasteiger partial charge < -0.3 is 5.41 Å². The number of hydrogen-bond donors (Lipinski definition) is 1. The molecule has 0 unspecified atom stereocenters. The van der Waals surface area contributed by atoms with Crippen LogP contribution in [0.5, 0.6) is 0 Å². The SMILES string of the molecule is C=CC[C@@H](C(=N)[C@](C#N)(CC=C)C1=CCCCC1)C1=CCCCC1. The van der Waals surface area contributed by atoms with Crippen molar-refractivity contribution in [3.05, 3.63) is 48.6 Å². The van der Waals surface area contributed by atoms with E-state index in [0.717, 1.165) is 44.1 Å². The third-order valence-corrected chi connectivity index (χ3v) is 5.46. The van der Waals surface area contributed by atoms with Crippen LogP contribution in [-0.4, -0.2) is 5.71 Å². The zero-order chi connectivity index (χ0) is 17.4. The van der Waals surface area contributed by atoms with Gasteiger partial charge in [0.05, 0.1) is 6.07 Å². The third kappa shape index (κ3) is 3.78. The number of hydrogen-bond acceptors (Lipinski definition) is 2. The van der Waals surface area contributed by atoms with Crippen LogP contribution in [0.2, 0.25) is 0 Å². The molecule has 0 radical (unpaired) electrons. The maximum absolute atomic E-state index is 10.1. The summed E-state index contributed by atoms with van der Waals surface area (Å²) in [4.78, 5) is 0. The van der Waals surface area contributed by atoms with E-state index in [0.29, 0.717) is 12.1 Å². The molecule has 2 rings (SSSR count). The molecule has 0 saturated carbocycles. The van der Waals surface area contributed by atoms with Crippen molar-refractivity contribution >= 4 is 5.71 Å². The molecule has 0 heterocycles. The van der Waals surface area contributed by atoms with Gasteiger partial charge in [0.25, 0.3) is 0 Å². The van der Waals surface area contributed by atoms with Crippen molar-refractivity contribution in [2.45, 2.75) is 64.2 Å². The molecule has 128 valence electrons. The predicted molar refractivity (Wildman–Crippen MR) is 102 cm³/mol. The van der Waals surface area contributed by atoms with Gasteiger partial charge in [-0.3, -0.25) is 0 Å². The second-order valence-corrected chi connectivity index (χ2v) is 7.00. The normalized spacial score (nSPS) is 21.5. The lowest BCUT2D eigenvalue weighted by Crippen LogP contribution is -2.37. The van der Waals surface area contributed by atoms with Gasteiger partial charge in [-0.05, 0) is 69.8 Å². The maximum atomic E-state index is 10.1. The summed E-state index contributed by atoms with van der Waals surface area (Å²) >= 11 is 0. The first-order chi connectivity index (χ1) is 11.7. The van der Waals surface area contributed by atoms with Gasteiger partial charge >= 0.3 is 0 Å². The largest absolute Gasteiger partial charge is 0.307 e. The van der Waals surface area contributed by atoms with E-state index in [1.54, 1.807) is 0 Å². The molecule has 2 nitrogen and oxygen atoms in total. The van der Waals surface area contributed by atoms with E-state index in [9.17, 15) is 5.26 Å². The Morgan fingerprint density at radius 3 is 2.38 bits per heavy atom. The highest BCUT2D eigenvalue weighted by Gasteiger charge is 2.42. The Hall–Kier alpha value is -1.88. The molecule has 0 saturated heterocycles. The van der Waals surface area contributed by atoms with Crippen LogP contribution in [0, 0.1) is 28.1 Å². The molecule has 0 spiro atoms. The van der Waals surface area contributed by atoms with Crippen LogP contribution in [0.25, 0.3) is 0 Å². The predicted octanol–water partition coefficient (Wildman–Crippen LogP) is 6.29. The first-order valence-corrected chi connectivity index (χ1v) is 9.30. The standard InChI is InChI=1S/C22H30N2/c1-3-11-20(18-12-7-5-8-13-18)21(24)22(17-23,16-4-2)19-14-9-6-10-15-19/h3-4,12,14,20,24H,1-2,5-11,13,15-16H2/t20-,22+/m1/s1. The van der Waals surface area contributed by atoms with Crippen molar-refractivity contribution in [2.75, 3.05) is 0 Å². The van der Waals surface area contributed by atoms with Crippen LogP contribution in [0.1, 0.15) is 64.2 Å². The number of nitrogens with one attached hydrogen (secondary N) is 1. The lowest BCUT2D eigenvalue weighted by atomic mass is 9.65. The second kappa shape index (κ2) is 8.83. The van der Waals surface area contributed by atoms with Gasteiger partial charge in [-0.2, -0.15) is 5.26 Å². The molecule has 0 aromatic rings. The minimum Gasteiger partial charge on any atom is -0.307 e. The molecule has 0 fully saturated rings. The highest BCUT2D eigenvalue weighted by Crippen LogP contribution is 2.43. The highest BCUT2D eigenvalue weighted by atomic mass is 14.6.